The van der Waals surface area contributed by atoms with Gasteiger partial charge in [-0.25, -0.2) is 4.98 Å². The van der Waals surface area contributed by atoms with Gasteiger partial charge in [-0.3, -0.25) is 0 Å². The van der Waals surface area contributed by atoms with Crippen LogP contribution in [0.5, 0.6) is 0 Å². The van der Waals surface area contributed by atoms with Gasteiger partial charge in [0.25, 0.3) is 0 Å². The van der Waals surface area contributed by atoms with Crippen LogP contribution >= 0.6 is 0 Å². The summed E-state index contributed by atoms with van der Waals surface area (Å²) in [6.45, 7) is 0.809. The van der Waals surface area contributed by atoms with E-state index in [0.29, 0.717) is 5.89 Å². The first-order valence-corrected chi connectivity index (χ1v) is 7.62. The number of nitrogens with one attached hydrogen (secondary N) is 1. The Balaban J connectivity index is 1.51. The zero-order valence-corrected chi connectivity index (χ0v) is 12.6. The van der Waals surface area contributed by atoms with Crippen LogP contribution in [0.3, 0.4) is 0 Å². The van der Waals surface area contributed by atoms with E-state index in [1.807, 2.05) is 66.7 Å². The number of anilines is 1. The van der Waals surface area contributed by atoms with Crippen LogP contribution in [0.15, 0.2) is 83.3 Å². The second-order valence-electron chi connectivity index (χ2n) is 5.40. The Morgan fingerprint density at radius 1 is 0.783 bits per heavy atom. The van der Waals surface area contributed by atoms with Crippen molar-refractivity contribution >= 4 is 16.8 Å². The maximum Gasteiger partial charge on any atom is 0.227 e. The predicted molar refractivity (Wildman–Crippen MR) is 93.2 cm³/mol. The molecule has 0 saturated heterocycles. The summed E-state index contributed by atoms with van der Waals surface area (Å²) in [5.41, 5.74) is 5.01. The van der Waals surface area contributed by atoms with Gasteiger partial charge in [0.05, 0.1) is 0 Å². The van der Waals surface area contributed by atoms with Crippen molar-refractivity contribution in [1.82, 2.24) is 4.98 Å². The second-order valence-corrected chi connectivity index (χ2v) is 5.40. The topological polar surface area (TPSA) is 38.1 Å². The number of para-hydroxylation sites is 2. The van der Waals surface area contributed by atoms with Crippen molar-refractivity contribution in [3.63, 3.8) is 0 Å². The zero-order chi connectivity index (χ0) is 15.5. The minimum absolute atomic E-state index is 0.654. The quantitative estimate of drug-likeness (QED) is 0.569. The molecule has 0 radical (unpaired) electrons. The summed E-state index contributed by atoms with van der Waals surface area (Å²) in [5, 5.41) is 3.42. The molecule has 0 atom stereocenters. The molecule has 0 aliphatic heterocycles. The van der Waals surface area contributed by atoms with Crippen LogP contribution in [0.25, 0.3) is 22.6 Å². The van der Waals surface area contributed by atoms with Crippen LogP contribution in [0, 0.1) is 0 Å². The number of hydrogen-bond acceptors (Lipinski definition) is 3. The van der Waals surface area contributed by atoms with E-state index < -0.39 is 0 Å². The fourth-order valence-electron chi connectivity index (χ4n) is 2.53. The van der Waals surface area contributed by atoms with Gasteiger partial charge >= 0.3 is 0 Å². The molecule has 0 amide bonds. The lowest BCUT2D eigenvalue weighted by Gasteiger charge is -2.06. The maximum absolute atomic E-state index is 5.79. The number of nitrogens with zero attached hydrogens (tertiary/aromatic N) is 1. The minimum atomic E-state index is 0.654. The highest BCUT2D eigenvalue weighted by atomic mass is 16.3. The van der Waals surface area contributed by atoms with Crippen molar-refractivity contribution in [1.29, 1.82) is 0 Å². The fraction of sp³-hybridized carbons (Fsp3) is 0.0500. The summed E-state index contributed by atoms with van der Waals surface area (Å²) in [7, 11) is 0. The van der Waals surface area contributed by atoms with Gasteiger partial charge in [-0.2, -0.15) is 0 Å². The maximum atomic E-state index is 5.79. The summed E-state index contributed by atoms with van der Waals surface area (Å²) in [6.07, 6.45) is 0. The second kappa shape index (κ2) is 5.97. The lowest BCUT2D eigenvalue weighted by Crippen LogP contribution is -1.98. The smallest absolute Gasteiger partial charge is 0.227 e. The van der Waals surface area contributed by atoms with Crippen molar-refractivity contribution in [2.75, 3.05) is 5.32 Å². The van der Waals surface area contributed by atoms with E-state index in [0.717, 1.165) is 28.9 Å². The first kappa shape index (κ1) is 13.6. The van der Waals surface area contributed by atoms with Gasteiger partial charge in [0.15, 0.2) is 5.58 Å². The van der Waals surface area contributed by atoms with Crippen molar-refractivity contribution in [3.05, 3.63) is 84.4 Å². The van der Waals surface area contributed by atoms with Gasteiger partial charge in [0.2, 0.25) is 5.89 Å². The summed E-state index contributed by atoms with van der Waals surface area (Å²) < 4.78 is 5.79. The molecule has 0 spiro atoms. The monoisotopic (exact) mass is 300 g/mol. The predicted octanol–water partition coefficient (Wildman–Crippen LogP) is 5.11. The van der Waals surface area contributed by atoms with Crippen LogP contribution in [0.4, 0.5) is 5.69 Å². The van der Waals surface area contributed by atoms with E-state index in [-0.39, 0.29) is 0 Å². The molecule has 23 heavy (non-hydrogen) atoms. The van der Waals surface area contributed by atoms with Crippen LogP contribution in [0.2, 0.25) is 0 Å². The Morgan fingerprint density at radius 3 is 2.30 bits per heavy atom. The average molecular weight is 300 g/mol. The molecule has 4 aromatic rings. The first-order valence-electron chi connectivity index (χ1n) is 7.62. The van der Waals surface area contributed by atoms with Crippen LogP contribution < -0.4 is 5.32 Å². The van der Waals surface area contributed by atoms with E-state index in [9.17, 15) is 0 Å². The Hall–Kier alpha value is -3.07. The Kier molecular flexibility index (Phi) is 3.53. The number of hydrogen-bond donors (Lipinski definition) is 1. The molecular formula is C20H16N2O. The fourth-order valence-corrected chi connectivity index (χ4v) is 2.53. The summed E-state index contributed by atoms with van der Waals surface area (Å²) >= 11 is 0. The molecule has 0 bridgehead atoms. The van der Waals surface area contributed by atoms with Gasteiger partial charge in [-0.1, -0.05) is 42.5 Å². The average Bonchev–Trinajstić information content (AvgIpc) is 3.05. The van der Waals surface area contributed by atoms with Gasteiger partial charge in [0.1, 0.15) is 5.52 Å². The van der Waals surface area contributed by atoms with Crippen molar-refractivity contribution in [2.24, 2.45) is 0 Å². The molecule has 1 heterocycles. The van der Waals surface area contributed by atoms with E-state index >= 15 is 0 Å². The molecule has 1 aromatic heterocycles. The van der Waals surface area contributed by atoms with E-state index in [1.54, 1.807) is 0 Å². The normalized spacial score (nSPS) is 10.8. The summed E-state index contributed by atoms with van der Waals surface area (Å²) in [5.74, 6) is 0.654. The highest BCUT2D eigenvalue weighted by Crippen LogP contribution is 2.25. The molecule has 112 valence electrons. The highest BCUT2D eigenvalue weighted by molar-refractivity contribution is 5.76. The third-order valence-electron chi connectivity index (χ3n) is 3.77. The number of rotatable bonds is 4. The molecule has 3 nitrogen and oxygen atoms in total. The molecule has 0 saturated carbocycles. The van der Waals surface area contributed by atoms with Gasteiger partial charge in [0, 0.05) is 17.8 Å². The van der Waals surface area contributed by atoms with Crippen molar-refractivity contribution in [3.8, 4) is 11.5 Å². The lowest BCUT2D eigenvalue weighted by atomic mass is 10.2. The van der Waals surface area contributed by atoms with Gasteiger partial charge in [-0.05, 0) is 42.0 Å². The summed E-state index contributed by atoms with van der Waals surface area (Å²) in [6, 6.07) is 26.3. The molecule has 3 aromatic carbocycles. The number of aromatic nitrogens is 1. The molecule has 0 unspecified atom stereocenters. The SMILES string of the molecule is c1ccc(CNc2ccc(-c3nc4ccccc4o3)cc2)cc1. The zero-order valence-electron chi connectivity index (χ0n) is 12.6. The van der Waals surface area contributed by atoms with Gasteiger partial charge < -0.3 is 9.73 Å². The molecule has 0 aliphatic carbocycles. The van der Waals surface area contributed by atoms with Crippen molar-refractivity contribution in [2.45, 2.75) is 6.54 Å². The molecule has 1 N–H and O–H groups in total. The third-order valence-corrected chi connectivity index (χ3v) is 3.77. The third kappa shape index (κ3) is 2.94. The van der Waals surface area contributed by atoms with Crippen LogP contribution in [-0.2, 0) is 6.54 Å². The minimum Gasteiger partial charge on any atom is -0.436 e. The van der Waals surface area contributed by atoms with Crippen LogP contribution in [-0.4, -0.2) is 4.98 Å². The molecule has 4 rings (SSSR count). The molecular weight excluding hydrogens is 284 g/mol. The number of oxazole rings is 1. The van der Waals surface area contributed by atoms with E-state index in [1.165, 1.54) is 5.56 Å². The van der Waals surface area contributed by atoms with E-state index in [4.69, 9.17) is 4.42 Å². The molecule has 0 fully saturated rings. The molecule has 3 heteroatoms. The Labute approximate surface area is 134 Å². The first-order chi connectivity index (χ1) is 11.4. The van der Waals surface area contributed by atoms with Crippen LogP contribution in [0.1, 0.15) is 5.56 Å². The highest BCUT2D eigenvalue weighted by Gasteiger charge is 2.07. The summed E-state index contributed by atoms with van der Waals surface area (Å²) in [4.78, 5) is 4.52. The lowest BCUT2D eigenvalue weighted by molar-refractivity contribution is 0.620. The van der Waals surface area contributed by atoms with E-state index in [2.05, 4.69) is 22.4 Å². The Bertz CT molecular complexity index is 878. The standard InChI is InChI=1S/C20H16N2O/c1-2-6-15(7-3-1)14-21-17-12-10-16(11-13-17)20-22-18-8-4-5-9-19(18)23-20/h1-13,21H,14H2. The van der Waals surface area contributed by atoms with Crippen molar-refractivity contribution < 1.29 is 4.42 Å². The number of benzene rings is 3. The number of fused-ring (bicyclic) bond motifs is 1. The Morgan fingerprint density at radius 2 is 1.52 bits per heavy atom. The molecule has 0 aliphatic rings. The largest absolute Gasteiger partial charge is 0.436 e. The van der Waals surface area contributed by atoms with Gasteiger partial charge in [-0.15, -0.1) is 0 Å².